The third kappa shape index (κ3) is 2.18. The SMILES string of the molecule is CCOC(=O)C(O)c1ccc2c(c1)nc(C)n2C1CC1. The molecule has 1 N–H and O–H groups in total. The van der Waals surface area contributed by atoms with E-state index in [9.17, 15) is 9.90 Å². The van der Waals surface area contributed by atoms with Gasteiger partial charge in [-0.25, -0.2) is 9.78 Å². The van der Waals surface area contributed by atoms with E-state index >= 15 is 0 Å². The maximum atomic E-state index is 11.6. The van der Waals surface area contributed by atoms with Gasteiger partial charge >= 0.3 is 5.97 Å². The Hall–Kier alpha value is -1.88. The van der Waals surface area contributed by atoms with Gasteiger partial charge < -0.3 is 14.4 Å². The number of imidazole rings is 1. The summed E-state index contributed by atoms with van der Waals surface area (Å²) in [7, 11) is 0. The molecule has 1 saturated carbocycles. The molecule has 2 aromatic rings. The maximum absolute atomic E-state index is 11.6. The van der Waals surface area contributed by atoms with Gasteiger partial charge in [0.15, 0.2) is 6.10 Å². The second kappa shape index (κ2) is 4.90. The zero-order valence-corrected chi connectivity index (χ0v) is 11.7. The minimum Gasteiger partial charge on any atom is -0.464 e. The number of aliphatic hydroxyl groups is 1. The van der Waals surface area contributed by atoms with E-state index in [1.54, 1.807) is 19.1 Å². The van der Waals surface area contributed by atoms with Crippen molar-refractivity contribution in [3.05, 3.63) is 29.6 Å². The van der Waals surface area contributed by atoms with Crippen LogP contribution in [0.5, 0.6) is 0 Å². The Bertz CT molecular complexity index is 658. The van der Waals surface area contributed by atoms with Crippen LogP contribution in [-0.2, 0) is 9.53 Å². The zero-order chi connectivity index (χ0) is 14.3. The minimum atomic E-state index is -1.24. The van der Waals surface area contributed by atoms with Crippen molar-refractivity contribution < 1.29 is 14.6 Å². The van der Waals surface area contributed by atoms with Crippen LogP contribution in [0.25, 0.3) is 11.0 Å². The number of rotatable bonds is 4. The summed E-state index contributed by atoms with van der Waals surface area (Å²) in [6, 6.07) is 6.01. The number of aliphatic hydroxyl groups excluding tert-OH is 1. The summed E-state index contributed by atoms with van der Waals surface area (Å²) in [4.78, 5) is 16.1. The molecule has 0 amide bonds. The molecule has 1 aliphatic rings. The lowest BCUT2D eigenvalue weighted by molar-refractivity contribution is -0.153. The number of hydrogen-bond acceptors (Lipinski definition) is 4. The van der Waals surface area contributed by atoms with Crippen LogP contribution >= 0.6 is 0 Å². The lowest BCUT2D eigenvalue weighted by Gasteiger charge is -2.10. The van der Waals surface area contributed by atoms with Gasteiger partial charge in [0.1, 0.15) is 5.82 Å². The highest BCUT2D eigenvalue weighted by Crippen LogP contribution is 2.38. The number of aryl methyl sites for hydroxylation is 1. The van der Waals surface area contributed by atoms with E-state index in [2.05, 4.69) is 9.55 Å². The number of fused-ring (bicyclic) bond motifs is 1. The fourth-order valence-electron chi connectivity index (χ4n) is 2.56. The van der Waals surface area contributed by atoms with Gasteiger partial charge in [-0.2, -0.15) is 0 Å². The summed E-state index contributed by atoms with van der Waals surface area (Å²) in [5.74, 6) is 0.357. The highest BCUT2D eigenvalue weighted by molar-refractivity contribution is 5.81. The predicted molar refractivity (Wildman–Crippen MR) is 74.3 cm³/mol. The molecule has 0 spiro atoms. The first-order chi connectivity index (χ1) is 9.61. The molecule has 1 fully saturated rings. The van der Waals surface area contributed by atoms with E-state index in [4.69, 9.17) is 4.74 Å². The number of hydrogen-bond donors (Lipinski definition) is 1. The van der Waals surface area contributed by atoms with Crippen molar-refractivity contribution in [2.45, 2.75) is 38.8 Å². The lowest BCUT2D eigenvalue weighted by Crippen LogP contribution is -2.15. The Balaban J connectivity index is 1.97. The van der Waals surface area contributed by atoms with E-state index in [0.717, 1.165) is 16.9 Å². The van der Waals surface area contributed by atoms with Crippen molar-refractivity contribution in [1.29, 1.82) is 0 Å². The highest BCUT2D eigenvalue weighted by atomic mass is 16.5. The van der Waals surface area contributed by atoms with Crippen LogP contribution in [0.4, 0.5) is 0 Å². The van der Waals surface area contributed by atoms with Crippen molar-refractivity contribution in [2.24, 2.45) is 0 Å². The fraction of sp³-hybridized carbons (Fsp3) is 0.467. The first-order valence-electron chi connectivity index (χ1n) is 6.95. The molecule has 5 heteroatoms. The van der Waals surface area contributed by atoms with Gasteiger partial charge in [0, 0.05) is 6.04 Å². The molecule has 3 rings (SSSR count). The molecule has 1 aliphatic carbocycles. The Morgan fingerprint density at radius 1 is 1.55 bits per heavy atom. The summed E-state index contributed by atoms with van der Waals surface area (Å²) < 4.78 is 7.06. The number of ether oxygens (including phenoxy) is 1. The summed E-state index contributed by atoms with van der Waals surface area (Å²) in [5, 5.41) is 9.97. The van der Waals surface area contributed by atoms with Gasteiger partial charge in [0.05, 0.1) is 17.6 Å². The summed E-state index contributed by atoms with van der Waals surface area (Å²) in [5.41, 5.74) is 2.40. The van der Waals surface area contributed by atoms with Crippen molar-refractivity contribution in [2.75, 3.05) is 6.61 Å². The standard InChI is InChI=1S/C15H18N2O3/c1-3-20-15(19)14(18)10-4-7-13-12(8-10)16-9(2)17(13)11-5-6-11/h4,7-8,11,14,18H,3,5-6H2,1-2H3. The lowest BCUT2D eigenvalue weighted by atomic mass is 10.1. The molecule has 0 radical (unpaired) electrons. The molecule has 106 valence electrons. The van der Waals surface area contributed by atoms with Crippen LogP contribution < -0.4 is 0 Å². The largest absolute Gasteiger partial charge is 0.464 e. The monoisotopic (exact) mass is 274 g/mol. The van der Waals surface area contributed by atoms with E-state index in [1.807, 2.05) is 13.0 Å². The van der Waals surface area contributed by atoms with E-state index < -0.39 is 12.1 Å². The molecular formula is C15H18N2O3. The van der Waals surface area contributed by atoms with Gasteiger partial charge in [-0.1, -0.05) is 6.07 Å². The molecular weight excluding hydrogens is 256 g/mol. The average molecular weight is 274 g/mol. The van der Waals surface area contributed by atoms with Gasteiger partial charge in [-0.15, -0.1) is 0 Å². The Labute approximate surface area is 117 Å². The summed E-state index contributed by atoms with van der Waals surface area (Å²) in [6.45, 7) is 3.96. The number of carbonyl (C=O) groups is 1. The number of aromatic nitrogens is 2. The second-order valence-corrected chi connectivity index (χ2v) is 5.16. The van der Waals surface area contributed by atoms with Crippen LogP contribution in [0.1, 0.15) is 43.3 Å². The molecule has 1 aromatic carbocycles. The molecule has 0 aliphatic heterocycles. The molecule has 1 atom stereocenters. The number of carbonyl (C=O) groups excluding carboxylic acids is 1. The van der Waals surface area contributed by atoms with E-state index in [1.165, 1.54) is 12.8 Å². The second-order valence-electron chi connectivity index (χ2n) is 5.16. The highest BCUT2D eigenvalue weighted by Gasteiger charge is 2.27. The van der Waals surface area contributed by atoms with Gasteiger partial charge in [0.25, 0.3) is 0 Å². The van der Waals surface area contributed by atoms with E-state index in [0.29, 0.717) is 11.6 Å². The molecule has 1 heterocycles. The Morgan fingerprint density at radius 2 is 2.30 bits per heavy atom. The number of esters is 1. The van der Waals surface area contributed by atoms with Crippen LogP contribution in [0.2, 0.25) is 0 Å². The Morgan fingerprint density at radius 3 is 2.95 bits per heavy atom. The fourth-order valence-corrected chi connectivity index (χ4v) is 2.56. The van der Waals surface area contributed by atoms with Crippen LogP contribution in [0.15, 0.2) is 18.2 Å². The predicted octanol–water partition coefficient (Wildman–Crippen LogP) is 2.28. The third-order valence-electron chi connectivity index (χ3n) is 3.63. The van der Waals surface area contributed by atoms with Crippen molar-refractivity contribution >= 4 is 17.0 Å². The molecule has 20 heavy (non-hydrogen) atoms. The average Bonchev–Trinajstić information content (AvgIpc) is 3.20. The van der Waals surface area contributed by atoms with Crippen LogP contribution in [-0.4, -0.2) is 27.2 Å². The van der Waals surface area contributed by atoms with E-state index in [-0.39, 0.29) is 6.61 Å². The quantitative estimate of drug-likeness (QED) is 0.869. The zero-order valence-electron chi connectivity index (χ0n) is 11.7. The van der Waals surface area contributed by atoms with Crippen molar-refractivity contribution in [3.8, 4) is 0 Å². The molecule has 1 unspecified atom stereocenters. The van der Waals surface area contributed by atoms with Gasteiger partial charge in [-0.05, 0) is 44.4 Å². The third-order valence-corrected chi connectivity index (χ3v) is 3.63. The number of benzene rings is 1. The summed E-state index contributed by atoms with van der Waals surface area (Å²) in [6.07, 6.45) is 1.14. The maximum Gasteiger partial charge on any atom is 0.339 e. The Kier molecular flexibility index (Phi) is 3.22. The molecule has 0 saturated heterocycles. The smallest absolute Gasteiger partial charge is 0.339 e. The molecule has 5 nitrogen and oxygen atoms in total. The normalized spacial score (nSPS) is 16.4. The number of nitrogens with zero attached hydrogens (tertiary/aromatic N) is 2. The van der Waals surface area contributed by atoms with Gasteiger partial charge in [0.2, 0.25) is 0 Å². The first-order valence-corrected chi connectivity index (χ1v) is 6.95. The molecule has 0 bridgehead atoms. The van der Waals surface area contributed by atoms with Crippen molar-refractivity contribution in [1.82, 2.24) is 9.55 Å². The topological polar surface area (TPSA) is 64.3 Å². The summed E-state index contributed by atoms with van der Waals surface area (Å²) >= 11 is 0. The van der Waals surface area contributed by atoms with Crippen molar-refractivity contribution in [3.63, 3.8) is 0 Å². The van der Waals surface area contributed by atoms with Crippen LogP contribution in [0.3, 0.4) is 0 Å². The first kappa shape index (κ1) is 13.1. The molecule has 1 aromatic heterocycles. The van der Waals surface area contributed by atoms with Gasteiger partial charge in [-0.3, -0.25) is 0 Å². The van der Waals surface area contributed by atoms with Crippen LogP contribution in [0, 0.1) is 6.92 Å². The minimum absolute atomic E-state index is 0.257.